The molecule has 0 radical (unpaired) electrons. The van der Waals surface area contributed by atoms with Crippen molar-refractivity contribution < 1.29 is 5.11 Å². The van der Waals surface area contributed by atoms with Crippen molar-refractivity contribution in [3.63, 3.8) is 0 Å². The van der Waals surface area contributed by atoms with Gasteiger partial charge in [-0.15, -0.1) is 0 Å². The van der Waals surface area contributed by atoms with Crippen LogP contribution < -0.4 is 27.8 Å². The molecule has 6 heteroatoms. The summed E-state index contributed by atoms with van der Waals surface area (Å²) in [5, 5.41) is 16.4. The number of benzene rings is 1. The van der Waals surface area contributed by atoms with E-state index in [0.29, 0.717) is 23.0 Å². The van der Waals surface area contributed by atoms with Crippen LogP contribution in [0.5, 0.6) is 5.75 Å². The van der Waals surface area contributed by atoms with Gasteiger partial charge in [0.2, 0.25) is 0 Å². The second-order valence-electron chi connectivity index (χ2n) is 5.16. The molecule has 1 aromatic carbocycles. The van der Waals surface area contributed by atoms with Gasteiger partial charge < -0.3 is 32.9 Å². The third-order valence-electron chi connectivity index (χ3n) is 3.53. The molecule has 114 valence electrons. The van der Waals surface area contributed by atoms with E-state index in [0.717, 1.165) is 19.5 Å². The fraction of sp³-hybridized carbons (Fsp3) is 0.333. The van der Waals surface area contributed by atoms with Gasteiger partial charge in [0, 0.05) is 23.8 Å². The third-order valence-corrected chi connectivity index (χ3v) is 3.53. The third kappa shape index (κ3) is 4.06. The maximum atomic E-state index is 9.81. The van der Waals surface area contributed by atoms with E-state index in [2.05, 4.69) is 10.6 Å². The lowest BCUT2D eigenvalue weighted by atomic mass is 10.1. The molecule has 1 fully saturated rings. The van der Waals surface area contributed by atoms with Crippen molar-refractivity contribution in [2.75, 3.05) is 13.1 Å². The van der Waals surface area contributed by atoms with Crippen molar-refractivity contribution in [2.24, 2.45) is 17.2 Å². The van der Waals surface area contributed by atoms with Crippen LogP contribution in [-0.2, 0) is 0 Å². The minimum absolute atomic E-state index is 0.124. The van der Waals surface area contributed by atoms with E-state index < -0.39 is 0 Å². The minimum atomic E-state index is 0.124. The van der Waals surface area contributed by atoms with E-state index in [1.807, 2.05) is 0 Å². The molecular weight excluding hydrogens is 266 g/mol. The molecule has 9 N–H and O–H groups in total. The van der Waals surface area contributed by atoms with Crippen LogP contribution in [-0.4, -0.2) is 24.2 Å². The zero-order valence-corrected chi connectivity index (χ0v) is 12.0. The first-order valence-corrected chi connectivity index (χ1v) is 7.06. The van der Waals surface area contributed by atoms with E-state index in [9.17, 15) is 5.11 Å². The molecule has 1 heterocycles. The number of phenols is 1. The van der Waals surface area contributed by atoms with Crippen molar-refractivity contribution in [3.8, 4) is 5.75 Å². The first-order valence-electron chi connectivity index (χ1n) is 7.06. The van der Waals surface area contributed by atoms with Crippen molar-refractivity contribution in [1.29, 1.82) is 0 Å². The molecule has 0 bridgehead atoms. The number of phenolic OH excluding ortho intramolecular Hbond substituents is 1. The predicted molar refractivity (Wildman–Crippen MR) is 84.7 cm³/mol. The molecule has 1 aliphatic rings. The summed E-state index contributed by atoms with van der Waals surface area (Å²) in [5.41, 5.74) is 18.9. The second kappa shape index (κ2) is 6.90. The Morgan fingerprint density at radius 2 is 2.10 bits per heavy atom. The highest BCUT2D eigenvalue weighted by atomic mass is 16.3. The lowest BCUT2D eigenvalue weighted by Gasteiger charge is -2.15. The fourth-order valence-corrected chi connectivity index (χ4v) is 2.35. The molecule has 6 nitrogen and oxygen atoms in total. The first-order chi connectivity index (χ1) is 10.1. The smallest absolute Gasteiger partial charge is 0.124 e. The molecule has 1 atom stereocenters. The lowest BCUT2D eigenvalue weighted by molar-refractivity contribution is 0.473. The van der Waals surface area contributed by atoms with Crippen LogP contribution in [0.4, 0.5) is 0 Å². The average Bonchev–Trinajstić information content (AvgIpc) is 2.96. The van der Waals surface area contributed by atoms with Gasteiger partial charge in [0.15, 0.2) is 0 Å². The van der Waals surface area contributed by atoms with Crippen LogP contribution in [0.3, 0.4) is 0 Å². The van der Waals surface area contributed by atoms with Crippen LogP contribution in [0.2, 0.25) is 0 Å². The van der Waals surface area contributed by atoms with Gasteiger partial charge in [-0.25, -0.2) is 0 Å². The summed E-state index contributed by atoms with van der Waals surface area (Å²) in [7, 11) is 0. The molecule has 1 aliphatic heterocycles. The Balaban J connectivity index is 2.10. The number of para-hydroxylation sites is 1. The van der Waals surface area contributed by atoms with Crippen molar-refractivity contribution in [1.82, 2.24) is 10.6 Å². The number of nitrogens with one attached hydrogen (secondary N) is 2. The van der Waals surface area contributed by atoms with Crippen LogP contribution in [0.25, 0.3) is 5.70 Å². The fourth-order valence-electron chi connectivity index (χ4n) is 2.35. The van der Waals surface area contributed by atoms with Crippen LogP contribution >= 0.6 is 0 Å². The number of hydrogen-bond donors (Lipinski definition) is 6. The summed E-state index contributed by atoms with van der Waals surface area (Å²) < 4.78 is 0. The lowest BCUT2D eigenvalue weighted by Crippen LogP contribution is -2.35. The van der Waals surface area contributed by atoms with Gasteiger partial charge in [-0.1, -0.05) is 12.1 Å². The number of nitrogens with two attached hydrogens (primary N) is 3. The number of hydrogen-bond acceptors (Lipinski definition) is 6. The molecule has 0 amide bonds. The van der Waals surface area contributed by atoms with Crippen LogP contribution in [0, 0.1) is 0 Å². The summed E-state index contributed by atoms with van der Waals surface area (Å²) in [6, 6.07) is 7.29. The topological polar surface area (TPSA) is 122 Å². The zero-order valence-electron chi connectivity index (χ0n) is 12.0. The monoisotopic (exact) mass is 289 g/mol. The highest BCUT2D eigenvalue weighted by molar-refractivity contribution is 5.69. The Bertz CT molecular complexity index is 543. The number of allylic oxidation sites excluding steroid dienone is 1. The van der Waals surface area contributed by atoms with Gasteiger partial charge in [-0.3, -0.25) is 0 Å². The summed E-state index contributed by atoms with van der Waals surface area (Å²) in [5.74, 6) is 0.296. The first kappa shape index (κ1) is 15.1. The SMILES string of the molecule is NC(N)=C(/C=C(\N)c1ccccc1O)NCC1CCCN1. The number of rotatable bonds is 5. The van der Waals surface area contributed by atoms with Crippen LogP contribution in [0.15, 0.2) is 41.9 Å². The van der Waals surface area contributed by atoms with E-state index >= 15 is 0 Å². The van der Waals surface area contributed by atoms with Gasteiger partial charge in [0.1, 0.15) is 11.6 Å². The minimum Gasteiger partial charge on any atom is -0.507 e. The van der Waals surface area contributed by atoms with E-state index in [4.69, 9.17) is 17.2 Å². The van der Waals surface area contributed by atoms with E-state index in [1.165, 1.54) is 6.42 Å². The maximum Gasteiger partial charge on any atom is 0.124 e. The van der Waals surface area contributed by atoms with Gasteiger partial charge in [0.05, 0.1) is 5.70 Å². The van der Waals surface area contributed by atoms with E-state index in [1.54, 1.807) is 30.3 Å². The van der Waals surface area contributed by atoms with Gasteiger partial charge >= 0.3 is 0 Å². The molecule has 0 aromatic heterocycles. The summed E-state index contributed by atoms with van der Waals surface area (Å²) in [6.07, 6.45) is 3.96. The van der Waals surface area contributed by atoms with Crippen molar-refractivity contribution in [2.45, 2.75) is 18.9 Å². The largest absolute Gasteiger partial charge is 0.507 e. The molecule has 0 spiro atoms. The highest BCUT2D eigenvalue weighted by Crippen LogP contribution is 2.21. The molecule has 0 aliphatic carbocycles. The number of aromatic hydroxyl groups is 1. The summed E-state index contributed by atoms with van der Waals surface area (Å²) in [4.78, 5) is 0. The Morgan fingerprint density at radius 1 is 1.33 bits per heavy atom. The zero-order chi connectivity index (χ0) is 15.2. The van der Waals surface area contributed by atoms with Gasteiger partial charge in [-0.05, 0) is 37.6 Å². The standard InChI is InChI=1S/C15H23N5O/c16-12(11-5-1-2-6-14(11)21)8-13(15(17)18)20-9-10-4-3-7-19-10/h1-2,5-6,8,10,19-21H,3-4,7,9,16-18H2/b12-8-. The van der Waals surface area contributed by atoms with Crippen molar-refractivity contribution in [3.05, 3.63) is 47.4 Å². The molecule has 21 heavy (non-hydrogen) atoms. The van der Waals surface area contributed by atoms with Crippen molar-refractivity contribution >= 4 is 5.70 Å². The van der Waals surface area contributed by atoms with Crippen LogP contribution in [0.1, 0.15) is 18.4 Å². The normalized spacial score (nSPS) is 18.5. The Kier molecular flexibility index (Phi) is 4.94. The second-order valence-corrected chi connectivity index (χ2v) is 5.16. The average molecular weight is 289 g/mol. The van der Waals surface area contributed by atoms with Gasteiger partial charge in [-0.2, -0.15) is 0 Å². The van der Waals surface area contributed by atoms with Gasteiger partial charge in [0.25, 0.3) is 0 Å². The summed E-state index contributed by atoms with van der Waals surface area (Å²) in [6.45, 7) is 1.77. The molecule has 0 saturated carbocycles. The molecule has 1 aromatic rings. The molecule has 2 rings (SSSR count). The maximum absolute atomic E-state index is 9.81. The quantitative estimate of drug-likeness (QED) is 0.428. The highest BCUT2D eigenvalue weighted by Gasteiger charge is 2.14. The Hall–Kier alpha value is -2.34. The Labute approximate surface area is 124 Å². The molecular formula is C15H23N5O. The molecule has 1 unspecified atom stereocenters. The van der Waals surface area contributed by atoms with E-state index in [-0.39, 0.29) is 11.6 Å². The summed E-state index contributed by atoms with van der Waals surface area (Å²) >= 11 is 0. The molecule has 1 saturated heterocycles. The predicted octanol–water partition coefficient (Wildman–Crippen LogP) is 0.120. The Morgan fingerprint density at radius 3 is 2.71 bits per heavy atom.